The lowest BCUT2D eigenvalue weighted by Crippen LogP contribution is -1.98. The van der Waals surface area contributed by atoms with Crippen molar-refractivity contribution >= 4 is 21.7 Å². The number of nitrogens with zero attached hydrogens (tertiary/aromatic N) is 3. The number of pyridine rings is 1. The SMILES string of the molecule is Cc1ccc(-c2nc(C)nc3c2ccc2cc(C)nc(C)c23)c(C)c1. The summed E-state index contributed by atoms with van der Waals surface area (Å²) in [6.45, 7) is 10.3. The van der Waals surface area contributed by atoms with Gasteiger partial charge in [-0.25, -0.2) is 9.97 Å². The van der Waals surface area contributed by atoms with E-state index in [4.69, 9.17) is 9.97 Å². The van der Waals surface area contributed by atoms with Gasteiger partial charge in [-0.1, -0.05) is 29.8 Å². The maximum atomic E-state index is 4.78. The monoisotopic (exact) mass is 327 g/mol. The Labute approximate surface area is 147 Å². The number of aromatic nitrogens is 3. The fourth-order valence-electron chi connectivity index (χ4n) is 3.69. The highest BCUT2D eigenvalue weighted by Crippen LogP contribution is 2.33. The molecule has 0 aliphatic heterocycles. The summed E-state index contributed by atoms with van der Waals surface area (Å²) in [6.07, 6.45) is 0. The summed E-state index contributed by atoms with van der Waals surface area (Å²) in [5.74, 6) is 0.787. The second kappa shape index (κ2) is 5.62. The predicted molar refractivity (Wildman–Crippen MR) is 104 cm³/mol. The van der Waals surface area contributed by atoms with E-state index in [0.29, 0.717) is 0 Å². The Morgan fingerprint density at radius 1 is 0.760 bits per heavy atom. The number of fused-ring (bicyclic) bond motifs is 3. The maximum Gasteiger partial charge on any atom is 0.126 e. The van der Waals surface area contributed by atoms with Crippen LogP contribution in [0.2, 0.25) is 0 Å². The fraction of sp³-hybridized carbons (Fsp3) is 0.227. The zero-order valence-electron chi connectivity index (χ0n) is 15.3. The van der Waals surface area contributed by atoms with Crippen LogP contribution in [-0.2, 0) is 0 Å². The van der Waals surface area contributed by atoms with Crippen LogP contribution in [0, 0.1) is 34.6 Å². The minimum atomic E-state index is 0.787. The standard InChI is InChI=1S/C22H21N3/c1-12-6-8-18(13(2)10-12)21-19-9-7-17-11-14(3)23-15(4)20(17)22(19)25-16(5)24-21/h6-11H,1-5H3. The van der Waals surface area contributed by atoms with E-state index in [9.17, 15) is 0 Å². The van der Waals surface area contributed by atoms with Crippen LogP contribution in [0.1, 0.15) is 28.3 Å². The van der Waals surface area contributed by atoms with Crippen LogP contribution in [0.4, 0.5) is 0 Å². The third kappa shape index (κ3) is 2.56. The lowest BCUT2D eigenvalue weighted by molar-refractivity contribution is 1.09. The van der Waals surface area contributed by atoms with Gasteiger partial charge in [0.2, 0.25) is 0 Å². The number of hydrogen-bond acceptors (Lipinski definition) is 3. The first kappa shape index (κ1) is 15.7. The summed E-state index contributed by atoms with van der Waals surface area (Å²) in [5, 5.41) is 3.39. The molecule has 4 aromatic rings. The maximum absolute atomic E-state index is 4.78. The van der Waals surface area contributed by atoms with E-state index < -0.39 is 0 Å². The van der Waals surface area contributed by atoms with Crippen molar-refractivity contribution in [1.29, 1.82) is 0 Å². The van der Waals surface area contributed by atoms with Crippen LogP contribution >= 0.6 is 0 Å². The molecule has 0 amide bonds. The summed E-state index contributed by atoms with van der Waals surface area (Å²) >= 11 is 0. The second-order valence-electron chi connectivity index (χ2n) is 6.85. The van der Waals surface area contributed by atoms with Crippen molar-refractivity contribution in [1.82, 2.24) is 15.0 Å². The molecule has 124 valence electrons. The number of benzene rings is 2. The van der Waals surface area contributed by atoms with Crippen molar-refractivity contribution in [3.05, 3.63) is 64.7 Å². The molecule has 3 nitrogen and oxygen atoms in total. The molecule has 4 rings (SSSR count). The lowest BCUT2D eigenvalue weighted by atomic mass is 9.97. The molecule has 0 saturated heterocycles. The van der Waals surface area contributed by atoms with Gasteiger partial charge in [0.05, 0.1) is 11.2 Å². The molecule has 0 radical (unpaired) electrons. The smallest absolute Gasteiger partial charge is 0.126 e. The van der Waals surface area contributed by atoms with Crippen LogP contribution in [-0.4, -0.2) is 15.0 Å². The Morgan fingerprint density at radius 2 is 1.56 bits per heavy atom. The largest absolute Gasteiger partial charge is 0.258 e. The second-order valence-corrected chi connectivity index (χ2v) is 6.85. The molecular weight excluding hydrogens is 306 g/mol. The van der Waals surface area contributed by atoms with Gasteiger partial charge >= 0.3 is 0 Å². The molecule has 0 aliphatic rings. The average Bonchev–Trinajstić information content (AvgIpc) is 2.53. The molecule has 2 aromatic carbocycles. The predicted octanol–water partition coefficient (Wildman–Crippen LogP) is 5.39. The normalized spacial score (nSPS) is 11.4. The third-order valence-corrected chi connectivity index (χ3v) is 4.72. The molecular formula is C22H21N3. The van der Waals surface area contributed by atoms with E-state index in [1.807, 2.05) is 13.8 Å². The van der Waals surface area contributed by atoms with Gasteiger partial charge in [0, 0.05) is 27.7 Å². The molecule has 3 heteroatoms. The van der Waals surface area contributed by atoms with Crippen molar-refractivity contribution in [2.24, 2.45) is 0 Å². The summed E-state index contributed by atoms with van der Waals surface area (Å²) in [7, 11) is 0. The number of rotatable bonds is 1. The lowest BCUT2D eigenvalue weighted by Gasteiger charge is -2.13. The van der Waals surface area contributed by atoms with E-state index in [2.05, 4.69) is 62.2 Å². The molecule has 0 bridgehead atoms. The summed E-state index contributed by atoms with van der Waals surface area (Å²) in [6, 6.07) is 12.9. The molecule has 2 heterocycles. The number of aryl methyl sites for hydroxylation is 5. The van der Waals surface area contributed by atoms with Crippen molar-refractivity contribution < 1.29 is 0 Å². The van der Waals surface area contributed by atoms with Gasteiger partial charge < -0.3 is 0 Å². The van der Waals surface area contributed by atoms with Crippen molar-refractivity contribution in [2.45, 2.75) is 34.6 Å². The van der Waals surface area contributed by atoms with E-state index in [1.54, 1.807) is 0 Å². The third-order valence-electron chi connectivity index (χ3n) is 4.72. The molecule has 25 heavy (non-hydrogen) atoms. The molecule has 0 fully saturated rings. The summed E-state index contributed by atoms with van der Waals surface area (Å²) < 4.78 is 0. The number of hydrogen-bond donors (Lipinski definition) is 0. The van der Waals surface area contributed by atoms with Crippen LogP contribution in [0.5, 0.6) is 0 Å². The van der Waals surface area contributed by atoms with Gasteiger partial charge in [0.1, 0.15) is 5.82 Å². The Kier molecular flexibility index (Phi) is 3.53. The first-order valence-corrected chi connectivity index (χ1v) is 8.57. The summed E-state index contributed by atoms with van der Waals surface area (Å²) in [4.78, 5) is 14.2. The first-order chi connectivity index (χ1) is 11.9. The summed E-state index contributed by atoms with van der Waals surface area (Å²) in [5.41, 5.74) is 7.70. The Morgan fingerprint density at radius 3 is 2.32 bits per heavy atom. The van der Waals surface area contributed by atoms with Crippen molar-refractivity contribution in [3.8, 4) is 11.3 Å². The van der Waals surface area contributed by atoms with Gasteiger partial charge in [-0.2, -0.15) is 0 Å². The van der Waals surface area contributed by atoms with Gasteiger partial charge in [-0.15, -0.1) is 0 Å². The fourth-order valence-corrected chi connectivity index (χ4v) is 3.69. The van der Waals surface area contributed by atoms with Crippen LogP contribution in [0.3, 0.4) is 0 Å². The Balaban J connectivity index is 2.15. The quantitative estimate of drug-likeness (QED) is 0.440. The molecule has 0 spiro atoms. The zero-order chi connectivity index (χ0) is 17.7. The molecule has 0 N–H and O–H groups in total. The average molecular weight is 327 g/mol. The van der Waals surface area contributed by atoms with Gasteiger partial charge in [0.15, 0.2) is 0 Å². The van der Waals surface area contributed by atoms with E-state index in [-0.39, 0.29) is 0 Å². The van der Waals surface area contributed by atoms with Crippen LogP contribution in [0.15, 0.2) is 36.4 Å². The highest BCUT2D eigenvalue weighted by atomic mass is 14.9. The van der Waals surface area contributed by atoms with Crippen molar-refractivity contribution in [2.75, 3.05) is 0 Å². The van der Waals surface area contributed by atoms with E-state index >= 15 is 0 Å². The van der Waals surface area contributed by atoms with E-state index in [1.165, 1.54) is 16.5 Å². The Bertz CT molecular complexity index is 1140. The molecule has 0 saturated carbocycles. The van der Waals surface area contributed by atoms with Crippen LogP contribution in [0.25, 0.3) is 32.9 Å². The highest BCUT2D eigenvalue weighted by molar-refractivity contribution is 6.10. The molecule has 0 unspecified atom stereocenters. The molecule has 0 aliphatic carbocycles. The molecule has 0 atom stereocenters. The van der Waals surface area contributed by atoms with Crippen molar-refractivity contribution in [3.63, 3.8) is 0 Å². The minimum Gasteiger partial charge on any atom is -0.258 e. The minimum absolute atomic E-state index is 0.787. The first-order valence-electron chi connectivity index (χ1n) is 8.57. The van der Waals surface area contributed by atoms with Gasteiger partial charge in [-0.05, 0) is 57.7 Å². The van der Waals surface area contributed by atoms with Crippen LogP contribution < -0.4 is 0 Å². The zero-order valence-corrected chi connectivity index (χ0v) is 15.3. The van der Waals surface area contributed by atoms with Gasteiger partial charge in [-0.3, -0.25) is 4.98 Å². The van der Waals surface area contributed by atoms with Gasteiger partial charge in [0.25, 0.3) is 0 Å². The molecule has 2 aromatic heterocycles. The Hall–Kier alpha value is -2.81. The van der Waals surface area contributed by atoms with E-state index in [0.717, 1.165) is 44.8 Å². The highest BCUT2D eigenvalue weighted by Gasteiger charge is 2.14. The topological polar surface area (TPSA) is 38.7 Å².